The second-order valence-electron chi connectivity index (χ2n) is 10.0. The fourth-order valence-corrected chi connectivity index (χ4v) is 5.43. The Balaban J connectivity index is 1.63. The van der Waals surface area contributed by atoms with Crippen LogP contribution in [0.4, 0.5) is 5.69 Å². The van der Waals surface area contributed by atoms with Crippen molar-refractivity contribution in [2.75, 3.05) is 4.90 Å². The molecule has 0 fully saturated rings. The Hall–Kier alpha value is -4.45. The third kappa shape index (κ3) is 4.65. The maximum atomic E-state index is 14.4. The summed E-state index contributed by atoms with van der Waals surface area (Å²) in [5.74, 6) is -1.77. The van der Waals surface area contributed by atoms with Gasteiger partial charge in [0.2, 0.25) is 0 Å². The van der Waals surface area contributed by atoms with Gasteiger partial charge < -0.3 is 10.0 Å². The number of anilines is 1. The smallest absolute Gasteiger partial charge is 0.326 e. The van der Waals surface area contributed by atoms with Crippen molar-refractivity contribution in [2.45, 2.75) is 45.8 Å². The molecule has 0 bridgehead atoms. The summed E-state index contributed by atoms with van der Waals surface area (Å²) in [5.41, 5.74) is 4.92. The second-order valence-corrected chi connectivity index (χ2v) is 10.0. The average molecular weight is 507 g/mol. The van der Waals surface area contributed by atoms with Crippen LogP contribution in [-0.2, 0) is 22.6 Å². The Bertz CT molecular complexity index is 1530. The molecule has 38 heavy (non-hydrogen) atoms. The van der Waals surface area contributed by atoms with E-state index < -0.39 is 24.0 Å². The maximum absolute atomic E-state index is 14.4. The first-order valence-electron chi connectivity index (χ1n) is 12.7. The van der Waals surface area contributed by atoms with Gasteiger partial charge in [0.15, 0.2) is 0 Å². The van der Waals surface area contributed by atoms with E-state index in [0.717, 1.165) is 33.0 Å². The molecule has 0 aliphatic carbocycles. The zero-order chi connectivity index (χ0) is 27.0. The topological polar surface area (TPSA) is 77.9 Å². The predicted octanol–water partition coefficient (Wildman–Crippen LogP) is 5.53. The normalized spacial score (nSPS) is 15.6. The van der Waals surface area contributed by atoms with Gasteiger partial charge in [-0.25, -0.2) is 4.79 Å². The number of hydrogen-bond donors (Lipinski definition) is 1. The van der Waals surface area contributed by atoms with Gasteiger partial charge in [0.1, 0.15) is 12.1 Å². The van der Waals surface area contributed by atoms with Crippen LogP contribution in [0.1, 0.15) is 39.5 Å². The van der Waals surface area contributed by atoms with Crippen molar-refractivity contribution in [3.8, 4) is 0 Å². The number of fused-ring (bicyclic) bond motifs is 2. The molecule has 4 aromatic rings. The first-order valence-corrected chi connectivity index (χ1v) is 12.7. The molecular formula is C32H30N2O4. The summed E-state index contributed by atoms with van der Waals surface area (Å²) < 4.78 is 0. The van der Waals surface area contributed by atoms with E-state index in [-0.39, 0.29) is 12.5 Å². The van der Waals surface area contributed by atoms with Gasteiger partial charge in [-0.2, -0.15) is 0 Å². The highest BCUT2D eigenvalue weighted by Gasteiger charge is 2.40. The Morgan fingerprint density at radius 1 is 0.868 bits per heavy atom. The number of carbonyl (C=O) groups is 3. The third-order valence-corrected chi connectivity index (χ3v) is 7.27. The molecule has 1 aliphatic rings. The maximum Gasteiger partial charge on any atom is 0.326 e. The standard InChI is InChI=1S/C32H30N2O4/c1-20-15-21(2)17-26(16-20)30(35)33-19-25-11-5-4-10-24(25)18-29(33)31(36)34(22(3)32(37)38)28-14-8-12-23-9-6-7-13-27(23)28/h4-17,22,29H,18-19H2,1-3H3,(H,37,38)/t22-,29?/m0/s1. The highest BCUT2D eigenvalue weighted by Crippen LogP contribution is 2.32. The molecule has 2 amide bonds. The minimum atomic E-state index is -1.14. The summed E-state index contributed by atoms with van der Waals surface area (Å²) in [4.78, 5) is 43.6. The van der Waals surface area contributed by atoms with Crippen molar-refractivity contribution in [3.05, 3.63) is 113 Å². The minimum absolute atomic E-state index is 0.245. The summed E-state index contributed by atoms with van der Waals surface area (Å²) >= 11 is 0. The van der Waals surface area contributed by atoms with Crippen molar-refractivity contribution in [1.82, 2.24) is 4.90 Å². The lowest BCUT2D eigenvalue weighted by molar-refractivity contribution is -0.140. The highest BCUT2D eigenvalue weighted by molar-refractivity contribution is 6.10. The van der Waals surface area contributed by atoms with Crippen LogP contribution in [0.25, 0.3) is 10.8 Å². The van der Waals surface area contributed by atoms with Crippen LogP contribution in [0.3, 0.4) is 0 Å². The van der Waals surface area contributed by atoms with Crippen molar-refractivity contribution in [2.24, 2.45) is 0 Å². The molecule has 0 radical (unpaired) electrons. The van der Waals surface area contributed by atoms with Gasteiger partial charge >= 0.3 is 5.97 Å². The van der Waals surface area contributed by atoms with Crippen LogP contribution >= 0.6 is 0 Å². The van der Waals surface area contributed by atoms with Crippen LogP contribution in [0, 0.1) is 13.8 Å². The van der Waals surface area contributed by atoms with Gasteiger partial charge in [-0.05, 0) is 55.5 Å². The number of carboxylic acids is 1. The van der Waals surface area contributed by atoms with E-state index in [1.54, 1.807) is 11.0 Å². The quantitative estimate of drug-likeness (QED) is 0.386. The number of aliphatic carboxylic acids is 1. The monoisotopic (exact) mass is 506 g/mol. The molecule has 0 saturated heterocycles. The Morgan fingerprint density at radius 3 is 2.21 bits per heavy atom. The van der Waals surface area contributed by atoms with Gasteiger partial charge in [0.05, 0.1) is 5.69 Å². The van der Waals surface area contributed by atoms with E-state index in [1.807, 2.05) is 92.7 Å². The third-order valence-electron chi connectivity index (χ3n) is 7.27. The number of rotatable bonds is 5. The molecule has 1 aliphatic heterocycles. The predicted molar refractivity (Wildman–Crippen MR) is 148 cm³/mol. The molecule has 1 unspecified atom stereocenters. The zero-order valence-corrected chi connectivity index (χ0v) is 21.7. The molecule has 1 N–H and O–H groups in total. The van der Waals surface area contributed by atoms with Gasteiger partial charge in [-0.15, -0.1) is 0 Å². The molecule has 2 atom stereocenters. The summed E-state index contributed by atoms with van der Waals surface area (Å²) in [7, 11) is 0. The van der Waals surface area contributed by atoms with Crippen LogP contribution in [0.15, 0.2) is 84.9 Å². The lowest BCUT2D eigenvalue weighted by atomic mass is 9.91. The number of amides is 2. The van der Waals surface area contributed by atoms with E-state index in [2.05, 4.69) is 0 Å². The Labute approximate surface area is 222 Å². The summed E-state index contributed by atoms with van der Waals surface area (Å²) in [6.07, 6.45) is 0.305. The molecule has 5 rings (SSSR count). The first kappa shape index (κ1) is 25.2. The summed E-state index contributed by atoms with van der Waals surface area (Å²) in [6, 6.07) is 24.6. The van der Waals surface area contributed by atoms with Gasteiger partial charge in [-0.1, -0.05) is 77.9 Å². The molecule has 4 aromatic carbocycles. The Morgan fingerprint density at radius 2 is 1.50 bits per heavy atom. The summed E-state index contributed by atoms with van der Waals surface area (Å²) in [5, 5.41) is 11.7. The van der Waals surface area contributed by atoms with E-state index in [1.165, 1.54) is 11.8 Å². The summed E-state index contributed by atoms with van der Waals surface area (Å²) in [6.45, 7) is 5.65. The van der Waals surface area contributed by atoms with Crippen LogP contribution in [0.2, 0.25) is 0 Å². The second kappa shape index (κ2) is 10.1. The van der Waals surface area contributed by atoms with Crippen molar-refractivity contribution >= 4 is 34.2 Å². The molecule has 6 nitrogen and oxygen atoms in total. The van der Waals surface area contributed by atoms with Gasteiger partial charge in [0.25, 0.3) is 11.8 Å². The minimum Gasteiger partial charge on any atom is -0.480 e. The van der Waals surface area contributed by atoms with Crippen molar-refractivity contribution < 1.29 is 19.5 Å². The van der Waals surface area contributed by atoms with Crippen molar-refractivity contribution in [1.29, 1.82) is 0 Å². The van der Waals surface area contributed by atoms with Crippen molar-refractivity contribution in [3.63, 3.8) is 0 Å². The SMILES string of the molecule is Cc1cc(C)cc(C(=O)N2Cc3ccccc3CC2C(=O)N(c2cccc3ccccc23)[C@@H](C)C(=O)O)c1. The number of nitrogens with zero attached hydrogens (tertiary/aromatic N) is 2. The molecule has 6 heteroatoms. The number of carbonyl (C=O) groups excluding carboxylic acids is 2. The Kier molecular flexibility index (Phi) is 6.72. The average Bonchev–Trinajstić information content (AvgIpc) is 2.91. The molecule has 1 heterocycles. The van der Waals surface area contributed by atoms with Gasteiger partial charge in [-0.3, -0.25) is 14.5 Å². The van der Waals surface area contributed by atoms with E-state index >= 15 is 0 Å². The lowest BCUT2D eigenvalue weighted by Gasteiger charge is -2.40. The number of benzene rings is 4. The van der Waals surface area contributed by atoms with E-state index in [9.17, 15) is 19.5 Å². The number of hydrogen-bond acceptors (Lipinski definition) is 3. The zero-order valence-electron chi connectivity index (χ0n) is 21.7. The molecule has 0 spiro atoms. The van der Waals surface area contributed by atoms with Crippen LogP contribution < -0.4 is 4.90 Å². The fourth-order valence-electron chi connectivity index (χ4n) is 5.43. The largest absolute Gasteiger partial charge is 0.480 e. The highest BCUT2D eigenvalue weighted by atomic mass is 16.4. The molecule has 192 valence electrons. The van der Waals surface area contributed by atoms with Gasteiger partial charge in [0, 0.05) is 23.9 Å². The van der Waals surface area contributed by atoms with Crippen LogP contribution in [0.5, 0.6) is 0 Å². The number of carboxylic acid groups (broad SMARTS) is 1. The van der Waals surface area contributed by atoms with E-state index in [4.69, 9.17) is 0 Å². The van der Waals surface area contributed by atoms with Crippen LogP contribution in [-0.4, -0.2) is 39.9 Å². The fraction of sp³-hybridized carbons (Fsp3) is 0.219. The number of aryl methyl sites for hydroxylation is 2. The lowest BCUT2D eigenvalue weighted by Crippen LogP contribution is -2.57. The molecule has 0 saturated carbocycles. The molecule has 0 aromatic heterocycles. The molecular weight excluding hydrogens is 476 g/mol. The first-order chi connectivity index (χ1) is 18.2. The van der Waals surface area contributed by atoms with E-state index in [0.29, 0.717) is 17.7 Å².